The zero-order chi connectivity index (χ0) is 15.9. The first-order valence-electron chi connectivity index (χ1n) is 8.34. The van der Waals surface area contributed by atoms with Crippen molar-refractivity contribution >= 4 is 21.5 Å². The summed E-state index contributed by atoms with van der Waals surface area (Å²) in [6.45, 7) is 6.71. The van der Waals surface area contributed by atoms with Gasteiger partial charge in [-0.15, -0.1) is 0 Å². The zero-order valence-corrected chi connectivity index (χ0v) is 13.8. The third-order valence-corrected chi connectivity index (χ3v) is 4.77. The van der Waals surface area contributed by atoms with Gasteiger partial charge in [0, 0.05) is 16.2 Å². The Morgan fingerprint density at radius 1 is 1.04 bits per heavy atom. The van der Waals surface area contributed by atoms with E-state index in [0.29, 0.717) is 6.61 Å². The average Bonchev–Trinajstić information content (AvgIpc) is 2.56. The summed E-state index contributed by atoms with van der Waals surface area (Å²) in [6.07, 6.45) is 1.01. The van der Waals surface area contributed by atoms with Crippen LogP contribution in [0.25, 0.3) is 21.5 Å². The van der Waals surface area contributed by atoms with Gasteiger partial charge in [0.25, 0.3) is 0 Å². The van der Waals surface area contributed by atoms with Crippen molar-refractivity contribution in [1.82, 2.24) is 0 Å². The number of hydrogen-bond acceptors (Lipinski definition) is 2. The maximum atomic E-state index is 6.40. The number of benzene rings is 3. The van der Waals surface area contributed by atoms with E-state index < -0.39 is 0 Å². The van der Waals surface area contributed by atoms with E-state index in [-0.39, 0.29) is 5.41 Å². The molecule has 2 heteroatoms. The Kier molecular flexibility index (Phi) is 3.50. The molecule has 0 amide bonds. The van der Waals surface area contributed by atoms with E-state index in [1.54, 1.807) is 0 Å². The van der Waals surface area contributed by atoms with Crippen molar-refractivity contribution in [1.29, 1.82) is 0 Å². The Balaban J connectivity index is 1.91. The van der Waals surface area contributed by atoms with Gasteiger partial charge in [0.05, 0.1) is 19.8 Å². The lowest BCUT2D eigenvalue weighted by molar-refractivity contribution is -0.120. The van der Waals surface area contributed by atoms with Crippen LogP contribution in [0, 0.1) is 5.41 Å². The number of hydrogen-bond donors (Lipinski definition) is 0. The smallest absolute Gasteiger partial charge is 0.135 e. The molecule has 1 fully saturated rings. The lowest BCUT2D eigenvalue weighted by Gasteiger charge is -2.37. The molecule has 2 nitrogen and oxygen atoms in total. The predicted molar refractivity (Wildman–Crippen MR) is 95.3 cm³/mol. The van der Waals surface area contributed by atoms with E-state index in [1.807, 2.05) is 0 Å². The molecule has 1 aliphatic rings. The van der Waals surface area contributed by atoms with Gasteiger partial charge in [0.1, 0.15) is 5.75 Å². The van der Waals surface area contributed by atoms with Crippen LogP contribution in [0.1, 0.15) is 19.4 Å². The molecule has 0 bridgehead atoms. The second-order valence-electron chi connectivity index (χ2n) is 6.89. The number of ether oxygens (including phenoxy) is 2. The van der Waals surface area contributed by atoms with Crippen LogP contribution < -0.4 is 4.74 Å². The summed E-state index contributed by atoms with van der Waals surface area (Å²) in [5.74, 6) is 1.03. The highest BCUT2D eigenvalue weighted by atomic mass is 16.5. The fraction of sp³-hybridized carbons (Fsp3) is 0.333. The Bertz CT molecular complexity index is 862. The summed E-state index contributed by atoms with van der Waals surface area (Å²) in [4.78, 5) is 0. The predicted octanol–water partition coefficient (Wildman–Crippen LogP) is 4.97. The van der Waals surface area contributed by atoms with E-state index in [9.17, 15) is 0 Å². The summed E-state index contributed by atoms with van der Waals surface area (Å²) in [6, 6.07) is 17.3. The minimum atomic E-state index is 0.143. The zero-order valence-electron chi connectivity index (χ0n) is 13.8. The molecule has 0 radical (unpaired) electrons. The van der Waals surface area contributed by atoms with Crippen molar-refractivity contribution in [3.8, 4) is 5.75 Å². The normalized spacial score (nSPS) is 16.4. The molecular weight excluding hydrogens is 284 g/mol. The van der Waals surface area contributed by atoms with Crippen LogP contribution in [-0.2, 0) is 11.2 Å². The first kappa shape index (κ1) is 14.5. The monoisotopic (exact) mass is 306 g/mol. The van der Waals surface area contributed by atoms with Gasteiger partial charge in [-0.3, -0.25) is 0 Å². The van der Waals surface area contributed by atoms with E-state index in [4.69, 9.17) is 9.47 Å². The van der Waals surface area contributed by atoms with Gasteiger partial charge < -0.3 is 9.47 Å². The molecule has 0 saturated carbocycles. The molecule has 1 aliphatic heterocycles. The molecule has 3 aromatic carbocycles. The van der Waals surface area contributed by atoms with Crippen molar-refractivity contribution in [2.75, 3.05) is 19.8 Å². The van der Waals surface area contributed by atoms with Crippen LogP contribution in [0.15, 0.2) is 48.5 Å². The molecule has 0 spiro atoms. The SMILES string of the molecule is CCc1cccc2cc3ccccc3c(OCC3(C)COC3)c12. The highest BCUT2D eigenvalue weighted by Crippen LogP contribution is 2.38. The molecule has 0 aliphatic carbocycles. The molecule has 1 heterocycles. The van der Waals surface area contributed by atoms with Gasteiger partial charge in [-0.2, -0.15) is 0 Å². The second kappa shape index (κ2) is 5.54. The molecule has 118 valence electrons. The van der Waals surface area contributed by atoms with Crippen LogP contribution in [0.5, 0.6) is 5.75 Å². The molecule has 0 N–H and O–H groups in total. The fourth-order valence-electron chi connectivity index (χ4n) is 3.37. The third-order valence-electron chi connectivity index (χ3n) is 4.77. The van der Waals surface area contributed by atoms with Crippen molar-refractivity contribution in [3.63, 3.8) is 0 Å². The van der Waals surface area contributed by atoms with Gasteiger partial charge >= 0.3 is 0 Å². The van der Waals surface area contributed by atoms with Crippen LogP contribution in [0.4, 0.5) is 0 Å². The molecule has 0 aromatic heterocycles. The highest BCUT2D eigenvalue weighted by molar-refractivity contribution is 6.06. The molecule has 23 heavy (non-hydrogen) atoms. The Labute approximate surface area is 137 Å². The van der Waals surface area contributed by atoms with Crippen molar-refractivity contribution in [2.24, 2.45) is 5.41 Å². The lowest BCUT2D eigenvalue weighted by atomic mass is 9.90. The Morgan fingerprint density at radius 3 is 2.57 bits per heavy atom. The second-order valence-corrected chi connectivity index (χ2v) is 6.89. The summed E-state index contributed by atoms with van der Waals surface area (Å²) >= 11 is 0. The number of aryl methyl sites for hydroxylation is 1. The van der Waals surface area contributed by atoms with Crippen LogP contribution in [-0.4, -0.2) is 19.8 Å². The van der Waals surface area contributed by atoms with E-state index in [1.165, 1.54) is 27.1 Å². The summed E-state index contributed by atoms with van der Waals surface area (Å²) in [7, 11) is 0. The maximum absolute atomic E-state index is 6.40. The van der Waals surface area contributed by atoms with Crippen molar-refractivity contribution in [2.45, 2.75) is 20.3 Å². The van der Waals surface area contributed by atoms with E-state index >= 15 is 0 Å². The van der Waals surface area contributed by atoms with Crippen LogP contribution in [0.3, 0.4) is 0 Å². The third kappa shape index (κ3) is 2.47. The van der Waals surface area contributed by atoms with Crippen LogP contribution >= 0.6 is 0 Å². The minimum absolute atomic E-state index is 0.143. The number of fused-ring (bicyclic) bond motifs is 2. The lowest BCUT2D eigenvalue weighted by Crippen LogP contribution is -2.44. The average molecular weight is 306 g/mol. The standard InChI is InChI=1S/C21H22O2/c1-3-15-8-6-9-17-11-16-7-4-5-10-18(16)20(19(15)17)23-14-21(2)12-22-13-21/h4-11H,3,12-14H2,1-2H3. The summed E-state index contributed by atoms with van der Waals surface area (Å²) in [5.41, 5.74) is 1.49. The number of rotatable bonds is 4. The largest absolute Gasteiger partial charge is 0.492 e. The minimum Gasteiger partial charge on any atom is -0.492 e. The van der Waals surface area contributed by atoms with Gasteiger partial charge in [-0.25, -0.2) is 0 Å². The van der Waals surface area contributed by atoms with Crippen LogP contribution in [0.2, 0.25) is 0 Å². The van der Waals surface area contributed by atoms with Crippen molar-refractivity contribution in [3.05, 3.63) is 54.1 Å². The summed E-state index contributed by atoms with van der Waals surface area (Å²) in [5, 5.41) is 4.95. The van der Waals surface area contributed by atoms with Crippen molar-refractivity contribution < 1.29 is 9.47 Å². The molecular formula is C21H22O2. The van der Waals surface area contributed by atoms with Gasteiger partial charge in [-0.1, -0.05) is 56.3 Å². The van der Waals surface area contributed by atoms with E-state index in [2.05, 4.69) is 62.4 Å². The summed E-state index contributed by atoms with van der Waals surface area (Å²) < 4.78 is 11.8. The van der Waals surface area contributed by atoms with E-state index in [0.717, 1.165) is 25.4 Å². The fourth-order valence-corrected chi connectivity index (χ4v) is 3.37. The highest BCUT2D eigenvalue weighted by Gasteiger charge is 2.34. The Hall–Kier alpha value is -2.06. The molecule has 3 aromatic rings. The van der Waals surface area contributed by atoms with Gasteiger partial charge in [0.2, 0.25) is 0 Å². The topological polar surface area (TPSA) is 18.5 Å². The Morgan fingerprint density at radius 2 is 1.83 bits per heavy atom. The van der Waals surface area contributed by atoms with Gasteiger partial charge in [-0.05, 0) is 28.8 Å². The quantitative estimate of drug-likeness (QED) is 0.634. The first-order valence-corrected chi connectivity index (χ1v) is 8.34. The molecule has 4 rings (SSSR count). The molecule has 0 unspecified atom stereocenters. The molecule has 1 saturated heterocycles. The first-order chi connectivity index (χ1) is 11.2. The molecule has 0 atom stereocenters. The maximum Gasteiger partial charge on any atom is 0.135 e. The van der Waals surface area contributed by atoms with Gasteiger partial charge in [0.15, 0.2) is 0 Å².